The van der Waals surface area contributed by atoms with Crippen LogP contribution in [-0.2, 0) is 9.59 Å². The van der Waals surface area contributed by atoms with Crippen LogP contribution in [-0.4, -0.2) is 29.0 Å². The molecule has 2 fully saturated rings. The van der Waals surface area contributed by atoms with Crippen LogP contribution < -0.4 is 4.90 Å². The molecule has 29 heavy (non-hydrogen) atoms. The van der Waals surface area contributed by atoms with E-state index in [0.29, 0.717) is 37.2 Å². The number of aryl methyl sites for hydroxylation is 1. The van der Waals surface area contributed by atoms with Gasteiger partial charge in [0.15, 0.2) is 5.78 Å². The van der Waals surface area contributed by atoms with E-state index < -0.39 is 11.2 Å². The molecule has 2 aromatic rings. The highest BCUT2D eigenvalue weighted by Gasteiger charge is 2.51. The van der Waals surface area contributed by atoms with Crippen molar-refractivity contribution in [2.75, 3.05) is 11.4 Å². The number of halogens is 1. The highest BCUT2D eigenvalue weighted by molar-refractivity contribution is 6.03. The summed E-state index contributed by atoms with van der Waals surface area (Å²) < 4.78 is 13.6. The van der Waals surface area contributed by atoms with Crippen LogP contribution in [0.3, 0.4) is 0 Å². The van der Waals surface area contributed by atoms with E-state index in [1.54, 1.807) is 29.2 Å². The van der Waals surface area contributed by atoms with Crippen molar-refractivity contribution in [3.8, 4) is 0 Å². The summed E-state index contributed by atoms with van der Waals surface area (Å²) in [7, 11) is 0. The van der Waals surface area contributed by atoms with Crippen molar-refractivity contribution < 1.29 is 18.8 Å². The molecule has 0 bridgehead atoms. The SMILES string of the molecule is Cc1cccc(C(=O)C[C@@H]2CC(=O)C[C@@]3(CCN(c4cccc(F)c4)C3=O)C2)n1. The van der Waals surface area contributed by atoms with Gasteiger partial charge >= 0.3 is 0 Å². The molecule has 6 heteroatoms. The summed E-state index contributed by atoms with van der Waals surface area (Å²) in [6, 6.07) is 11.3. The average molecular weight is 394 g/mol. The minimum atomic E-state index is -0.785. The zero-order valence-corrected chi connectivity index (χ0v) is 16.4. The van der Waals surface area contributed by atoms with E-state index in [4.69, 9.17) is 0 Å². The van der Waals surface area contributed by atoms with Crippen LogP contribution in [0.5, 0.6) is 0 Å². The first-order valence-corrected chi connectivity index (χ1v) is 9.92. The van der Waals surface area contributed by atoms with Crippen LogP contribution in [0.4, 0.5) is 10.1 Å². The van der Waals surface area contributed by atoms with E-state index in [0.717, 1.165) is 5.69 Å². The Morgan fingerprint density at radius 1 is 1.24 bits per heavy atom. The fourth-order valence-corrected chi connectivity index (χ4v) is 4.74. The number of Topliss-reactive ketones (excluding diaryl/α,β-unsaturated/α-hetero) is 2. The Morgan fingerprint density at radius 2 is 2.03 bits per heavy atom. The molecule has 1 aliphatic heterocycles. The van der Waals surface area contributed by atoms with Gasteiger partial charge < -0.3 is 4.90 Å². The van der Waals surface area contributed by atoms with Gasteiger partial charge in [-0.05, 0) is 56.0 Å². The largest absolute Gasteiger partial charge is 0.312 e. The van der Waals surface area contributed by atoms with Gasteiger partial charge in [0.05, 0.1) is 5.41 Å². The molecule has 1 aromatic heterocycles. The van der Waals surface area contributed by atoms with E-state index in [2.05, 4.69) is 4.98 Å². The van der Waals surface area contributed by atoms with Crippen molar-refractivity contribution in [1.82, 2.24) is 4.98 Å². The van der Waals surface area contributed by atoms with Crippen LogP contribution in [0, 0.1) is 24.1 Å². The van der Waals surface area contributed by atoms with Gasteiger partial charge in [-0.15, -0.1) is 0 Å². The van der Waals surface area contributed by atoms with Crippen molar-refractivity contribution in [1.29, 1.82) is 0 Å². The van der Waals surface area contributed by atoms with E-state index in [-0.39, 0.29) is 36.2 Å². The highest BCUT2D eigenvalue weighted by atomic mass is 19.1. The lowest BCUT2D eigenvalue weighted by atomic mass is 9.67. The maximum absolute atomic E-state index is 13.6. The number of hydrogen-bond donors (Lipinski definition) is 0. The predicted molar refractivity (Wildman–Crippen MR) is 106 cm³/mol. The topological polar surface area (TPSA) is 67.3 Å². The zero-order chi connectivity index (χ0) is 20.6. The molecule has 1 aliphatic carbocycles. The summed E-state index contributed by atoms with van der Waals surface area (Å²) in [6.45, 7) is 2.28. The number of amides is 1. The minimum Gasteiger partial charge on any atom is -0.312 e. The van der Waals surface area contributed by atoms with Crippen LogP contribution >= 0.6 is 0 Å². The molecule has 2 heterocycles. The Kier molecular flexibility index (Phi) is 5.03. The number of aromatic nitrogens is 1. The standard InChI is InChI=1S/C23H23FN2O3/c1-15-4-2-7-20(25-15)21(28)11-16-10-19(27)14-23(13-16)8-9-26(22(23)29)18-6-3-5-17(24)12-18/h2-7,12,16H,8-11,13-14H2,1H3/t16-,23+/m0/s1. The van der Waals surface area contributed by atoms with Gasteiger partial charge in [-0.3, -0.25) is 19.4 Å². The van der Waals surface area contributed by atoms with Gasteiger partial charge in [-0.25, -0.2) is 4.39 Å². The Hall–Kier alpha value is -2.89. The van der Waals surface area contributed by atoms with Crippen molar-refractivity contribution in [2.45, 2.75) is 39.0 Å². The number of ketones is 2. The molecule has 0 unspecified atom stereocenters. The number of carbonyl (C=O) groups excluding carboxylic acids is 3. The molecular formula is C23H23FN2O3. The summed E-state index contributed by atoms with van der Waals surface area (Å²) in [5, 5.41) is 0. The van der Waals surface area contributed by atoms with Crippen LogP contribution in [0.1, 0.15) is 48.3 Å². The summed E-state index contributed by atoms with van der Waals surface area (Å²) in [5.41, 5.74) is 0.897. The van der Waals surface area contributed by atoms with Gasteiger partial charge in [0.1, 0.15) is 17.3 Å². The third-order valence-corrected chi connectivity index (χ3v) is 6.01. The minimum absolute atomic E-state index is 0.0145. The van der Waals surface area contributed by atoms with E-state index in [1.807, 2.05) is 13.0 Å². The Bertz CT molecular complexity index is 990. The van der Waals surface area contributed by atoms with E-state index >= 15 is 0 Å². The molecular weight excluding hydrogens is 371 g/mol. The maximum Gasteiger partial charge on any atom is 0.233 e. The third-order valence-electron chi connectivity index (χ3n) is 6.01. The first-order chi connectivity index (χ1) is 13.9. The summed E-state index contributed by atoms with van der Waals surface area (Å²) in [5.74, 6) is -0.800. The summed E-state index contributed by atoms with van der Waals surface area (Å²) in [4.78, 5) is 44.2. The number of pyridine rings is 1. The predicted octanol–water partition coefficient (Wildman–Crippen LogP) is 3.89. The van der Waals surface area contributed by atoms with E-state index in [9.17, 15) is 18.8 Å². The van der Waals surface area contributed by atoms with Gasteiger partial charge in [0.2, 0.25) is 5.91 Å². The number of hydrogen-bond acceptors (Lipinski definition) is 4. The summed E-state index contributed by atoms with van der Waals surface area (Å²) in [6.07, 6.45) is 1.76. The number of anilines is 1. The molecule has 150 valence electrons. The van der Waals surface area contributed by atoms with Crippen LogP contribution in [0.2, 0.25) is 0 Å². The second-order valence-electron chi connectivity index (χ2n) is 8.25. The van der Waals surface area contributed by atoms with Crippen molar-refractivity contribution in [3.05, 3.63) is 59.7 Å². The molecule has 1 spiro atoms. The Labute approximate surface area is 168 Å². The smallest absolute Gasteiger partial charge is 0.233 e. The number of carbonyl (C=O) groups is 3. The lowest BCUT2D eigenvalue weighted by Gasteiger charge is -2.35. The first-order valence-electron chi connectivity index (χ1n) is 9.92. The molecule has 4 rings (SSSR count). The van der Waals surface area contributed by atoms with Gasteiger partial charge in [0.25, 0.3) is 0 Å². The molecule has 0 N–H and O–H groups in total. The quantitative estimate of drug-likeness (QED) is 0.738. The maximum atomic E-state index is 13.6. The average Bonchev–Trinajstić information content (AvgIpc) is 2.96. The number of nitrogens with zero attached hydrogens (tertiary/aromatic N) is 2. The first kappa shape index (κ1) is 19.4. The molecule has 0 radical (unpaired) electrons. The lowest BCUT2D eigenvalue weighted by Crippen LogP contribution is -2.41. The van der Waals surface area contributed by atoms with Gasteiger partial charge in [0, 0.05) is 37.2 Å². The van der Waals surface area contributed by atoms with E-state index in [1.165, 1.54) is 12.1 Å². The molecule has 5 nitrogen and oxygen atoms in total. The lowest BCUT2D eigenvalue weighted by molar-refractivity contribution is -0.136. The fourth-order valence-electron chi connectivity index (χ4n) is 4.74. The number of rotatable bonds is 4. The molecule has 1 amide bonds. The molecule has 1 saturated heterocycles. The van der Waals surface area contributed by atoms with Crippen molar-refractivity contribution in [3.63, 3.8) is 0 Å². The second-order valence-corrected chi connectivity index (χ2v) is 8.25. The van der Waals surface area contributed by atoms with Crippen molar-refractivity contribution >= 4 is 23.2 Å². The molecule has 1 aromatic carbocycles. The molecule has 2 atom stereocenters. The molecule has 2 aliphatic rings. The Balaban J connectivity index is 1.52. The highest BCUT2D eigenvalue weighted by Crippen LogP contribution is 2.47. The van der Waals surface area contributed by atoms with Gasteiger partial charge in [-0.2, -0.15) is 0 Å². The van der Waals surface area contributed by atoms with Crippen molar-refractivity contribution in [2.24, 2.45) is 11.3 Å². The second kappa shape index (κ2) is 7.50. The third kappa shape index (κ3) is 3.84. The number of benzene rings is 1. The molecule has 1 saturated carbocycles. The normalized spacial score (nSPS) is 24.3. The van der Waals surface area contributed by atoms with Crippen LogP contribution in [0.15, 0.2) is 42.5 Å². The van der Waals surface area contributed by atoms with Crippen LogP contribution in [0.25, 0.3) is 0 Å². The summed E-state index contributed by atoms with van der Waals surface area (Å²) >= 11 is 0. The Morgan fingerprint density at radius 3 is 2.79 bits per heavy atom. The monoisotopic (exact) mass is 394 g/mol. The van der Waals surface area contributed by atoms with Gasteiger partial charge in [-0.1, -0.05) is 12.1 Å². The zero-order valence-electron chi connectivity index (χ0n) is 16.4. The fraction of sp³-hybridized carbons (Fsp3) is 0.391.